The number of aryl methyl sites for hydroxylation is 2. The van der Waals surface area contributed by atoms with Gasteiger partial charge < -0.3 is 15.4 Å². The predicted octanol–water partition coefficient (Wildman–Crippen LogP) is 4.08. The molecule has 8 heteroatoms. The van der Waals surface area contributed by atoms with Crippen LogP contribution in [0.25, 0.3) is 0 Å². The van der Waals surface area contributed by atoms with Crippen molar-refractivity contribution in [2.75, 3.05) is 20.1 Å². The van der Waals surface area contributed by atoms with Gasteiger partial charge in [-0.1, -0.05) is 13.0 Å². The van der Waals surface area contributed by atoms with Crippen molar-refractivity contribution in [3.63, 3.8) is 0 Å². The molecule has 2 rings (SSSR count). The van der Waals surface area contributed by atoms with E-state index in [4.69, 9.17) is 4.74 Å². The number of guanidine groups is 1. The second kappa shape index (κ2) is 12.1. The summed E-state index contributed by atoms with van der Waals surface area (Å²) in [5.41, 5.74) is 1.10. The summed E-state index contributed by atoms with van der Waals surface area (Å²) in [6, 6.07) is 6.21. The van der Waals surface area contributed by atoms with Crippen LogP contribution in [0.5, 0.6) is 5.75 Å². The van der Waals surface area contributed by atoms with Crippen LogP contribution in [-0.2, 0) is 6.42 Å². The van der Waals surface area contributed by atoms with E-state index in [0.717, 1.165) is 36.0 Å². The summed E-state index contributed by atoms with van der Waals surface area (Å²) in [6.07, 6.45) is 1.65. The van der Waals surface area contributed by atoms with E-state index in [1.807, 2.05) is 20.8 Å². The lowest BCUT2D eigenvalue weighted by molar-refractivity contribution is 0.199. The first-order valence-electron chi connectivity index (χ1n) is 8.81. The highest BCUT2D eigenvalue weighted by atomic mass is 127. The minimum absolute atomic E-state index is 0. The minimum Gasteiger partial charge on any atom is -0.489 e. The Morgan fingerprint density at radius 2 is 2.11 bits per heavy atom. The highest BCUT2D eigenvalue weighted by molar-refractivity contribution is 14.0. The average Bonchev–Trinajstić information content (AvgIpc) is 2.94. The fourth-order valence-corrected chi connectivity index (χ4v) is 3.47. The average molecular weight is 506 g/mol. The summed E-state index contributed by atoms with van der Waals surface area (Å²) in [4.78, 5) is 9.99. The zero-order chi connectivity index (χ0) is 18.9. The third-order valence-electron chi connectivity index (χ3n) is 3.92. The highest BCUT2D eigenvalue weighted by Crippen LogP contribution is 2.17. The molecule has 0 radical (unpaired) electrons. The third kappa shape index (κ3) is 8.00. The largest absolute Gasteiger partial charge is 0.489 e. The van der Waals surface area contributed by atoms with E-state index in [1.54, 1.807) is 30.5 Å². The van der Waals surface area contributed by atoms with Crippen molar-refractivity contribution >= 4 is 41.3 Å². The molecular weight excluding hydrogens is 478 g/mol. The molecule has 1 atom stereocenters. The molecule has 27 heavy (non-hydrogen) atoms. The maximum Gasteiger partial charge on any atom is 0.191 e. The fraction of sp³-hybridized carbons (Fsp3) is 0.474. The van der Waals surface area contributed by atoms with Crippen molar-refractivity contribution in [3.05, 3.63) is 45.7 Å². The van der Waals surface area contributed by atoms with E-state index in [1.165, 1.54) is 17.0 Å². The normalized spacial score (nSPS) is 12.3. The summed E-state index contributed by atoms with van der Waals surface area (Å²) in [5.74, 6) is 0.971. The van der Waals surface area contributed by atoms with Crippen molar-refractivity contribution < 1.29 is 9.13 Å². The number of hydrogen-bond acceptors (Lipinski definition) is 4. The number of aliphatic imine (C=N–C) groups is 1. The number of hydrogen-bond donors (Lipinski definition) is 2. The van der Waals surface area contributed by atoms with Gasteiger partial charge >= 0.3 is 0 Å². The lowest BCUT2D eigenvalue weighted by Crippen LogP contribution is -2.43. The molecular formula is C19H28FIN4OS. The molecule has 5 nitrogen and oxygen atoms in total. The molecule has 0 aliphatic rings. The van der Waals surface area contributed by atoms with Crippen molar-refractivity contribution in [1.29, 1.82) is 0 Å². The number of aromatic nitrogens is 1. The van der Waals surface area contributed by atoms with Crippen molar-refractivity contribution in [2.45, 2.75) is 39.7 Å². The number of benzene rings is 1. The van der Waals surface area contributed by atoms with E-state index in [0.29, 0.717) is 12.3 Å². The van der Waals surface area contributed by atoms with E-state index < -0.39 is 0 Å². The Balaban J connectivity index is 0.00000364. The fourth-order valence-electron chi connectivity index (χ4n) is 2.53. The monoisotopic (exact) mass is 506 g/mol. The molecule has 0 amide bonds. The van der Waals surface area contributed by atoms with Gasteiger partial charge in [0.25, 0.3) is 0 Å². The van der Waals surface area contributed by atoms with Crippen LogP contribution in [0.4, 0.5) is 4.39 Å². The van der Waals surface area contributed by atoms with E-state index in [9.17, 15) is 4.39 Å². The Hall–Kier alpha value is -1.42. The topological polar surface area (TPSA) is 58.5 Å². The molecule has 2 N–H and O–H groups in total. The van der Waals surface area contributed by atoms with E-state index in [2.05, 4.69) is 20.6 Å². The van der Waals surface area contributed by atoms with Crippen LogP contribution >= 0.6 is 35.3 Å². The number of halogens is 2. The summed E-state index contributed by atoms with van der Waals surface area (Å²) >= 11 is 1.74. The van der Waals surface area contributed by atoms with Crippen molar-refractivity contribution in [2.24, 2.45) is 4.99 Å². The highest BCUT2D eigenvalue weighted by Gasteiger charge is 2.10. The Morgan fingerprint density at radius 3 is 2.70 bits per heavy atom. The predicted molar refractivity (Wildman–Crippen MR) is 121 cm³/mol. The Labute approximate surface area is 181 Å². The number of thiazole rings is 1. The first-order valence-corrected chi connectivity index (χ1v) is 9.63. The molecule has 0 fully saturated rings. The van der Waals surface area contributed by atoms with Gasteiger partial charge in [0.05, 0.1) is 17.2 Å². The van der Waals surface area contributed by atoms with Crippen molar-refractivity contribution in [3.8, 4) is 5.75 Å². The van der Waals surface area contributed by atoms with E-state index in [-0.39, 0.29) is 35.9 Å². The molecule has 0 bridgehead atoms. The Kier molecular flexibility index (Phi) is 10.6. The Bertz CT molecular complexity index is 738. The number of rotatable bonds is 8. The molecule has 1 aromatic carbocycles. The standard InChI is InChI=1S/C19H27FN4OS.HI/c1-5-16(25-17-8-6-7-15(20)11-17)12-23-19(21-4)22-10-9-18-13(2)24-14(3)26-18;/h6-8,11,16H,5,9-10,12H2,1-4H3,(H2,21,22,23);1H. The van der Waals surface area contributed by atoms with Gasteiger partial charge in [-0.25, -0.2) is 9.37 Å². The van der Waals surface area contributed by atoms with Gasteiger partial charge in [0.15, 0.2) is 5.96 Å². The molecule has 0 spiro atoms. The van der Waals surface area contributed by atoms with Gasteiger partial charge in [0.1, 0.15) is 17.7 Å². The summed E-state index contributed by atoms with van der Waals surface area (Å²) in [7, 11) is 1.74. The smallest absolute Gasteiger partial charge is 0.191 e. The molecule has 1 aromatic heterocycles. The zero-order valence-corrected chi connectivity index (χ0v) is 19.4. The third-order valence-corrected chi connectivity index (χ3v) is 5.05. The van der Waals surface area contributed by atoms with Crippen LogP contribution in [0, 0.1) is 19.7 Å². The molecule has 0 aliphatic carbocycles. The quantitative estimate of drug-likeness (QED) is 0.322. The SMILES string of the molecule is CCC(CNC(=NC)NCCc1sc(C)nc1C)Oc1cccc(F)c1.I. The molecule has 2 aromatic rings. The van der Waals surface area contributed by atoms with Gasteiger partial charge in [0.2, 0.25) is 0 Å². The molecule has 1 unspecified atom stereocenters. The summed E-state index contributed by atoms with van der Waals surface area (Å²) in [5, 5.41) is 7.68. The van der Waals surface area contributed by atoms with Crippen LogP contribution < -0.4 is 15.4 Å². The van der Waals surface area contributed by atoms with Crippen LogP contribution in [0.1, 0.15) is 28.9 Å². The molecule has 0 aliphatic heterocycles. The van der Waals surface area contributed by atoms with Gasteiger partial charge in [-0.2, -0.15) is 0 Å². The molecule has 1 heterocycles. The molecule has 0 saturated carbocycles. The summed E-state index contributed by atoms with van der Waals surface area (Å²) in [6.45, 7) is 7.48. The number of ether oxygens (including phenoxy) is 1. The lowest BCUT2D eigenvalue weighted by atomic mass is 10.2. The van der Waals surface area contributed by atoms with Crippen LogP contribution in [-0.4, -0.2) is 37.2 Å². The first-order chi connectivity index (χ1) is 12.5. The van der Waals surface area contributed by atoms with Gasteiger partial charge in [0, 0.05) is 31.0 Å². The Morgan fingerprint density at radius 1 is 1.33 bits per heavy atom. The van der Waals surface area contributed by atoms with Crippen LogP contribution in [0.2, 0.25) is 0 Å². The second-order valence-corrected chi connectivity index (χ2v) is 7.26. The maximum atomic E-state index is 13.3. The molecule has 150 valence electrons. The van der Waals surface area contributed by atoms with Crippen molar-refractivity contribution in [1.82, 2.24) is 15.6 Å². The van der Waals surface area contributed by atoms with Gasteiger partial charge in [-0.05, 0) is 32.4 Å². The molecule has 0 saturated heterocycles. The van der Waals surface area contributed by atoms with Crippen LogP contribution in [0.3, 0.4) is 0 Å². The van der Waals surface area contributed by atoms with Gasteiger partial charge in [-0.3, -0.25) is 4.99 Å². The zero-order valence-electron chi connectivity index (χ0n) is 16.2. The maximum absolute atomic E-state index is 13.3. The van der Waals surface area contributed by atoms with E-state index >= 15 is 0 Å². The number of nitrogens with zero attached hydrogens (tertiary/aromatic N) is 2. The lowest BCUT2D eigenvalue weighted by Gasteiger charge is -2.20. The van der Waals surface area contributed by atoms with Gasteiger partial charge in [-0.15, -0.1) is 35.3 Å². The second-order valence-electron chi connectivity index (χ2n) is 5.98. The van der Waals surface area contributed by atoms with Crippen LogP contribution in [0.15, 0.2) is 29.3 Å². The summed E-state index contributed by atoms with van der Waals surface area (Å²) < 4.78 is 19.1. The first kappa shape index (κ1) is 23.6. The minimum atomic E-state index is -0.295. The number of nitrogens with one attached hydrogen (secondary N) is 2.